The fourth-order valence-corrected chi connectivity index (χ4v) is 2.44. The van der Waals surface area contributed by atoms with Gasteiger partial charge in [-0.25, -0.2) is 0 Å². The van der Waals surface area contributed by atoms with E-state index in [1.807, 2.05) is 36.2 Å². The van der Waals surface area contributed by atoms with Gasteiger partial charge in [-0.2, -0.15) is 0 Å². The molecule has 2 aromatic rings. The number of hydrogen-bond acceptors (Lipinski definition) is 4. The van der Waals surface area contributed by atoms with Crippen LogP contribution in [-0.4, -0.2) is 43.5 Å². The Kier molecular flexibility index (Phi) is 6.97. The molecule has 25 heavy (non-hydrogen) atoms. The number of carbonyl (C=O) groups excluding carboxylic acids is 2. The molecule has 0 aromatic heterocycles. The molecule has 0 fully saturated rings. The van der Waals surface area contributed by atoms with Crippen molar-refractivity contribution in [2.45, 2.75) is 0 Å². The number of nitrogens with one attached hydrogen (secondary N) is 1. The first-order valence-corrected chi connectivity index (χ1v) is 8.50. The minimum absolute atomic E-state index is 0.177. The molecule has 3 N–H and O–H groups in total. The van der Waals surface area contributed by atoms with Crippen LogP contribution in [0.2, 0.25) is 0 Å². The number of para-hydroxylation sites is 1. The summed E-state index contributed by atoms with van der Waals surface area (Å²) in [5.41, 5.74) is 6.01. The van der Waals surface area contributed by atoms with Crippen molar-refractivity contribution in [1.29, 1.82) is 0 Å². The van der Waals surface area contributed by atoms with Crippen molar-refractivity contribution in [2.24, 2.45) is 5.73 Å². The summed E-state index contributed by atoms with van der Waals surface area (Å²) in [6.07, 6.45) is 0. The van der Waals surface area contributed by atoms with Gasteiger partial charge in [0.2, 0.25) is 5.91 Å². The largest absolute Gasteiger partial charge is 0.492 e. The molecular formula is C18H20BrN3O3. The van der Waals surface area contributed by atoms with Crippen LogP contribution in [0.1, 0.15) is 10.4 Å². The van der Waals surface area contributed by atoms with Crippen molar-refractivity contribution in [2.75, 3.05) is 32.1 Å². The van der Waals surface area contributed by atoms with Crippen LogP contribution in [0.3, 0.4) is 0 Å². The number of rotatable bonds is 8. The summed E-state index contributed by atoms with van der Waals surface area (Å²) in [6, 6.07) is 14.2. The van der Waals surface area contributed by atoms with Crippen LogP contribution in [0, 0.1) is 0 Å². The number of anilines is 1. The third-order valence-corrected chi connectivity index (χ3v) is 3.96. The second-order valence-corrected chi connectivity index (χ2v) is 6.41. The van der Waals surface area contributed by atoms with Crippen LogP contribution in [0.25, 0.3) is 0 Å². The first-order chi connectivity index (χ1) is 12.0. The summed E-state index contributed by atoms with van der Waals surface area (Å²) in [7, 11) is 1.82. The molecule has 2 amide bonds. The van der Waals surface area contributed by atoms with Crippen molar-refractivity contribution in [3.63, 3.8) is 0 Å². The number of primary amides is 1. The number of carbonyl (C=O) groups is 2. The predicted molar refractivity (Wildman–Crippen MR) is 101 cm³/mol. The number of likely N-dealkylation sites (N-methyl/N-ethyl adjacent to an activating group) is 1. The lowest BCUT2D eigenvalue weighted by molar-refractivity contribution is -0.117. The predicted octanol–water partition coefficient (Wildman–Crippen LogP) is 2.50. The normalized spacial score (nSPS) is 10.5. The quantitative estimate of drug-likeness (QED) is 0.706. The maximum Gasteiger partial charge on any atom is 0.250 e. The van der Waals surface area contributed by atoms with E-state index in [0.717, 1.165) is 10.2 Å². The van der Waals surface area contributed by atoms with Crippen molar-refractivity contribution in [1.82, 2.24) is 4.90 Å². The highest BCUT2D eigenvalue weighted by Crippen LogP contribution is 2.16. The first kappa shape index (κ1) is 19.0. The first-order valence-electron chi connectivity index (χ1n) is 7.71. The number of nitrogens with zero attached hydrogens (tertiary/aromatic N) is 1. The lowest BCUT2D eigenvalue weighted by Gasteiger charge is -2.17. The molecule has 0 aliphatic rings. The topological polar surface area (TPSA) is 84.7 Å². The standard InChI is InChI=1S/C18H20BrN3O3/c1-22(10-11-25-14-8-6-13(19)7-9-14)12-17(23)21-16-5-3-2-4-15(16)18(20)24/h2-9H,10-12H2,1H3,(H2,20,24)(H,21,23). The van der Waals surface area contributed by atoms with Gasteiger partial charge in [-0.05, 0) is 43.4 Å². The van der Waals surface area contributed by atoms with Gasteiger partial charge in [0.1, 0.15) is 12.4 Å². The second kappa shape index (κ2) is 9.19. The zero-order valence-corrected chi connectivity index (χ0v) is 15.5. The zero-order valence-electron chi connectivity index (χ0n) is 13.9. The van der Waals surface area contributed by atoms with Crippen LogP contribution < -0.4 is 15.8 Å². The summed E-state index contributed by atoms with van der Waals surface area (Å²) < 4.78 is 6.62. The summed E-state index contributed by atoms with van der Waals surface area (Å²) in [5, 5.41) is 2.71. The summed E-state index contributed by atoms with van der Waals surface area (Å²) in [6.45, 7) is 1.22. The molecule has 7 heteroatoms. The van der Waals surface area contributed by atoms with E-state index in [9.17, 15) is 9.59 Å². The SMILES string of the molecule is CN(CCOc1ccc(Br)cc1)CC(=O)Nc1ccccc1C(N)=O. The Balaban J connectivity index is 1.78. The molecule has 132 valence electrons. The third-order valence-electron chi connectivity index (χ3n) is 3.44. The molecule has 0 radical (unpaired) electrons. The van der Waals surface area contributed by atoms with Crippen molar-refractivity contribution >= 4 is 33.4 Å². The average Bonchev–Trinajstić information content (AvgIpc) is 2.57. The van der Waals surface area contributed by atoms with Gasteiger partial charge in [-0.1, -0.05) is 28.1 Å². The lowest BCUT2D eigenvalue weighted by Crippen LogP contribution is -2.33. The number of benzene rings is 2. The van der Waals surface area contributed by atoms with E-state index in [2.05, 4.69) is 21.2 Å². The summed E-state index contributed by atoms with van der Waals surface area (Å²) in [5.74, 6) is -0.0246. The molecule has 0 atom stereocenters. The van der Waals surface area contributed by atoms with Gasteiger partial charge in [0.15, 0.2) is 0 Å². The van der Waals surface area contributed by atoms with E-state index in [0.29, 0.717) is 18.8 Å². The Bertz CT molecular complexity index is 735. The highest BCUT2D eigenvalue weighted by Gasteiger charge is 2.12. The van der Waals surface area contributed by atoms with Crippen LogP contribution in [0.15, 0.2) is 53.0 Å². The number of ether oxygens (including phenoxy) is 1. The lowest BCUT2D eigenvalue weighted by atomic mass is 10.1. The molecule has 0 aliphatic carbocycles. The smallest absolute Gasteiger partial charge is 0.250 e. The molecule has 2 aromatic carbocycles. The number of nitrogens with two attached hydrogens (primary N) is 1. The monoisotopic (exact) mass is 405 g/mol. The molecular weight excluding hydrogens is 386 g/mol. The summed E-state index contributed by atoms with van der Waals surface area (Å²) >= 11 is 3.37. The van der Waals surface area contributed by atoms with Gasteiger partial charge in [0, 0.05) is 11.0 Å². The van der Waals surface area contributed by atoms with Crippen LogP contribution in [-0.2, 0) is 4.79 Å². The number of hydrogen-bond donors (Lipinski definition) is 2. The van der Waals surface area contributed by atoms with Gasteiger partial charge in [0.05, 0.1) is 17.8 Å². The highest BCUT2D eigenvalue weighted by molar-refractivity contribution is 9.10. The maximum absolute atomic E-state index is 12.1. The molecule has 0 saturated carbocycles. The molecule has 2 rings (SSSR count). The van der Waals surface area contributed by atoms with Crippen molar-refractivity contribution in [3.8, 4) is 5.75 Å². The van der Waals surface area contributed by atoms with Crippen LogP contribution in [0.4, 0.5) is 5.69 Å². The Morgan fingerprint density at radius 1 is 1.16 bits per heavy atom. The highest BCUT2D eigenvalue weighted by atomic mass is 79.9. The molecule has 0 heterocycles. The molecule has 0 saturated heterocycles. The number of halogens is 1. The van der Waals surface area contributed by atoms with Gasteiger partial charge in [-0.3, -0.25) is 14.5 Å². The third kappa shape index (κ3) is 6.21. The van der Waals surface area contributed by atoms with Gasteiger partial charge < -0.3 is 15.8 Å². The van der Waals surface area contributed by atoms with Crippen LogP contribution >= 0.6 is 15.9 Å². The van der Waals surface area contributed by atoms with E-state index in [1.165, 1.54) is 0 Å². The van der Waals surface area contributed by atoms with Gasteiger partial charge in [-0.15, -0.1) is 0 Å². The average molecular weight is 406 g/mol. The fourth-order valence-electron chi connectivity index (χ4n) is 2.17. The molecule has 0 unspecified atom stereocenters. The minimum atomic E-state index is -0.577. The van der Waals surface area contributed by atoms with E-state index in [1.54, 1.807) is 24.3 Å². The van der Waals surface area contributed by atoms with Crippen molar-refractivity contribution in [3.05, 3.63) is 58.6 Å². The Morgan fingerprint density at radius 3 is 2.52 bits per heavy atom. The van der Waals surface area contributed by atoms with E-state index >= 15 is 0 Å². The summed E-state index contributed by atoms with van der Waals surface area (Å²) in [4.78, 5) is 25.3. The Morgan fingerprint density at radius 2 is 1.84 bits per heavy atom. The van der Waals surface area contributed by atoms with Gasteiger partial charge >= 0.3 is 0 Å². The number of amides is 2. The fraction of sp³-hybridized carbons (Fsp3) is 0.222. The van der Waals surface area contributed by atoms with E-state index < -0.39 is 5.91 Å². The second-order valence-electron chi connectivity index (χ2n) is 5.50. The molecule has 6 nitrogen and oxygen atoms in total. The Hall–Kier alpha value is -2.38. The van der Waals surface area contributed by atoms with Gasteiger partial charge in [0.25, 0.3) is 5.91 Å². The Labute approximate surface area is 155 Å². The zero-order chi connectivity index (χ0) is 18.2. The minimum Gasteiger partial charge on any atom is -0.492 e. The van der Waals surface area contributed by atoms with Crippen molar-refractivity contribution < 1.29 is 14.3 Å². The van der Waals surface area contributed by atoms with E-state index in [4.69, 9.17) is 10.5 Å². The van der Waals surface area contributed by atoms with Crippen LogP contribution in [0.5, 0.6) is 5.75 Å². The van der Waals surface area contributed by atoms with E-state index in [-0.39, 0.29) is 18.0 Å². The molecule has 0 bridgehead atoms. The maximum atomic E-state index is 12.1. The molecule has 0 aliphatic heterocycles. The molecule has 0 spiro atoms.